The lowest BCUT2D eigenvalue weighted by atomic mass is 9.88. The maximum atomic E-state index is 12.3. The van der Waals surface area contributed by atoms with Crippen LogP contribution in [0.5, 0.6) is 11.5 Å². The van der Waals surface area contributed by atoms with Gasteiger partial charge in [-0.25, -0.2) is 0 Å². The number of rotatable bonds is 7. The summed E-state index contributed by atoms with van der Waals surface area (Å²) in [5.41, 5.74) is 2.95. The molecular weight excluding hydrogens is 340 g/mol. The van der Waals surface area contributed by atoms with Crippen molar-refractivity contribution in [2.24, 2.45) is 5.92 Å². The molecular formula is C22H28N2O3. The van der Waals surface area contributed by atoms with Gasteiger partial charge in [0.15, 0.2) is 11.5 Å². The number of hydrogen-bond acceptors (Lipinski definition) is 4. The molecule has 2 aromatic rings. The summed E-state index contributed by atoms with van der Waals surface area (Å²) in [5, 5.41) is 6.43. The first-order valence-corrected chi connectivity index (χ1v) is 9.55. The maximum absolute atomic E-state index is 12.3. The van der Waals surface area contributed by atoms with E-state index >= 15 is 0 Å². The van der Waals surface area contributed by atoms with Crippen molar-refractivity contribution in [1.82, 2.24) is 0 Å². The number of benzene rings is 2. The molecule has 1 saturated carbocycles. The van der Waals surface area contributed by atoms with Crippen LogP contribution in [0.1, 0.15) is 37.7 Å². The SMILES string of the molecule is COc1ccc(CNc2ccc(NC(=O)C3CCCCC3)cc2)cc1OC. The van der Waals surface area contributed by atoms with Crippen molar-refractivity contribution < 1.29 is 14.3 Å². The number of methoxy groups -OCH3 is 2. The van der Waals surface area contributed by atoms with E-state index in [9.17, 15) is 4.79 Å². The number of hydrogen-bond donors (Lipinski definition) is 2. The normalized spacial score (nSPS) is 14.4. The first kappa shape index (κ1) is 19.1. The number of carbonyl (C=O) groups is 1. The standard InChI is InChI=1S/C22H28N2O3/c1-26-20-13-8-16(14-21(20)27-2)15-23-18-9-11-19(12-10-18)24-22(25)17-6-4-3-5-7-17/h8-14,17,23H,3-7,15H2,1-2H3,(H,24,25). The summed E-state index contributed by atoms with van der Waals surface area (Å²) in [5.74, 6) is 1.76. The predicted octanol–water partition coefficient (Wildman–Crippen LogP) is 4.83. The molecule has 0 unspecified atom stereocenters. The minimum atomic E-state index is 0.153. The molecule has 0 saturated heterocycles. The number of anilines is 2. The molecule has 1 aliphatic rings. The zero-order chi connectivity index (χ0) is 19.1. The zero-order valence-electron chi connectivity index (χ0n) is 16.1. The fourth-order valence-corrected chi connectivity index (χ4v) is 3.48. The molecule has 0 aliphatic heterocycles. The Kier molecular flexibility index (Phi) is 6.58. The van der Waals surface area contributed by atoms with E-state index in [1.807, 2.05) is 42.5 Å². The predicted molar refractivity (Wildman–Crippen MR) is 109 cm³/mol. The van der Waals surface area contributed by atoms with Gasteiger partial charge in [0.1, 0.15) is 0 Å². The van der Waals surface area contributed by atoms with Crippen molar-refractivity contribution in [3.63, 3.8) is 0 Å². The molecule has 0 atom stereocenters. The summed E-state index contributed by atoms with van der Waals surface area (Å²) in [6.45, 7) is 0.675. The molecule has 1 aliphatic carbocycles. The highest BCUT2D eigenvalue weighted by atomic mass is 16.5. The Morgan fingerprint density at radius 2 is 1.59 bits per heavy atom. The third-order valence-electron chi connectivity index (χ3n) is 5.07. The van der Waals surface area contributed by atoms with E-state index in [4.69, 9.17) is 9.47 Å². The van der Waals surface area contributed by atoms with Crippen LogP contribution in [-0.2, 0) is 11.3 Å². The quantitative estimate of drug-likeness (QED) is 0.734. The Morgan fingerprint density at radius 1 is 0.926 bits per heavy atom. The van der Waals surface area contributed by atoms with Gasteiger partial charge in [0.05, 0.1) is 14.2 Å². The third-order valence-corrected chi connectivity index (χ3v) is 5.07. The molecule has 0 aromatic heterocycles. The van der Waals surface area contributed by atoms with Crippen molar-refractivity contribution in [2.75, 3.05) is 24.9 Å². The maximum Gasteiger partial charge on any atom is 0.227 e. The van der Waals surface area contributed by atoms with Crippen molar-refractivity contribution in [3.8, 4) is 11.5 Å². The Hall–Kier alpha value is -2.69. The monoisotopic (exact) mass is 368 g/mol. The third kappa shape index (κ3) is 5.16. The second-order valence-corrected chi connectivity index (χ2v) is 6.94. The first-order valence-electron chi connectivity index (χ1n) is 9.55. The fourth-order valence-electron chi connectivity index (χ4n) is 3.48. The lowest BCUT2D eigenvalue weighted by Gasteiger charge is -2.20. The van der Waals surface area contributed by atoms with E-state index in [-0.39, 0.29) is 11.8 Å². The van der Waals surface area contributed by atoms with E-state index < -0.39 is 0 Å². The summed E-state index contributed by atoms with van der Waals surface area (Å²) in [4.78, 5) is 12.3. The molecule has 0 heterocycles. The van der Waals surface area contributed by atoms with Gasteiger partial charge in [-0.3, -0.25) is 4.79 Å². The van der Waals surface area contributed by atoms with Crippen LogP contribution < -0.4 is 20.1 Å². The second kappa shape index (κ2) is 9.31. The van der Waals surface area contributed by atoms with Crippen LogP contribution in [0.2, 0.25) is 0 Å². The second-order valence-electron chi connectivity index (χ2n) is 6.94. The van der Waals surface area contributed by atoms with Crippen molar-refractivity contribution in [3.05, 3.63) is 48.0 Å². The highest BCUT2D eigenvalue weighted by Crippen LogP contribution is 2.28. The highest BCUT2D eigenvalue weighted by molar-refractivity contribution is 5.92. The lowest BCUT2D eigenvalue weighted by molar-refractivity contribution is -0.120. The van der Waals surface area contributed by atoms with Crippen LogP contribution >= 0.6 is 0 Å². The van der Waals surface area contributed by atoms with Crippen LogP contribution in [0.25, 0.3) is 0 Å². The highest BCUT2D eigenvalue weighted by Gasteiger charge is 2.20. The molecule has 0 spiro atoms. The van der Waals surface area contributed by atoms with E-state index in [1.54, 1.807) is 14.2 Å². The fraction of sp³-hybridized carbons (Fsp3) is 0.409. The van der Waals surface area contributed by atoms with Crippen LogP contribution in [0.3, 0.4) is 0 Å². The van der Waals surface area contributed by atoms with Gasteiger partial charge in [0.25, 0.3) is 0 Å². The average molecular weight is 368 g/mol. The minimum absolute atomic E-state index is 0.153. The summed E-state index contributed by atoms with van der Waals surface area (Å²) < 4.78 is 10.6. The minimum Gasteiger partial charge on any atom is -0.493 e. The van der Waals surface area contributed by atoms with Gasteiger partial charge in [-0.05, 0) is 54.8 Å². The molecule has 2 aromatic carbocycles. The van der Waals surface area contributed by atoms with Gasteiger partial charge in [0.2, 0.25) is 5.91 Å². The Balaban J connectivity index is 1.54. The first-order chi connectivity index (χ1) is 13.2. The molecule has 5 nitrogen and oxygen atoms in total. The van der Waals surface area contributed by atoms with Crippen molar-refractivity contribution >= 4 is 17.3 Å². The van der Waals surface area contributed by atoms with Gasteiger partial charge in [0, 0.05) is 23.8 Å². The average Bonchev–Trinajstić information content (AvgIpc) is 2.73. The number of nitrogens with one attached hydrogen (secondary N) is 2. The van der Waals surface area contributed by atoms with Gasteiger partial charge < -0.3 is 20.1 Å². The van der Waals surface area contributed by atoms with Crippen LogP contribution in [0.15, 0.2) is 42.5 Å². The molecule has 1 amide bonds. The Morgan fingerprint density at radius 3 is 2.26 bits per heavy atom. The molecule has 2 N–H and O–H groups in total. The lowest BCUT2D eigenvalue weighted by Crippen LogP contribution is -2.24. The van der Waals surface area contributed by atoms with Crippen LogP contribution in [0, 0.1) is 5.92 Å². The molecule has 1 fully saturated rings. The van der Waals surface area contributed by atoms with Crippen LogP contribution in [-0.4, -0.2) is 20.1 Å². The Labute approximate surface area is 161 Å². The van der Waals surface area contributed by atoms with E-state index in [2.05, 4.69) is 10.6 Å². The van der Waals surface area contributed by atoms with Gasteiger partial charge in [-0.2, -0.15) is 0 Å². The van der Waals surface area contributed by atoms with Gasteiger partial charge in [-0.1, -0.05) is 25.3 Å². The number of amides is 1. The van der Waals surface area contributed by atoms with Gasteiger partial charge >= 0.3 is 0 Å². The smallest absolute Gasteiger partial charge is 0.227 e. The summed E-state index contributed by atoms with van der Waals surface area (Å²) in [6, 6.07) is 13.7. The van der Waals surface area contributed by atoms with Crippen molar-refractivity contribution in [2.45, 2.75) is 38.6 Å². The van der Waals surface area contributed by atoms with Crippen LogP contribution in [0.4, 0.5) is 11.4 Å². The van der Waals surface area contributed by atoms with E-state index in [1.165, 1.54) is 6.42 Å². The van der Waals surface area contributed by atoms with E-state index in [0.717, 1.165) is 54.1 Å². The number of carbonyl (C=O) groups excluding carboxylic acids is 1. The number of ether oxygens (including phenoxy) is 2. The zero-order valence-corrected chi connectivity index (χ0v) is 16.1. The topological polar surface area (TPSA) is 59.6 Å². The van der Waals surface area contributed by atoms with E-state index in [0.29, 0.717) is 6.54 Å². The largest absolute Gasteiger partial charge is 0.493 e. The summed E-state index contributed by atoms with van der Waals surface area (Å²) in [7, 11) is 3.26. The molecule has 5 heteroatoms. The van der Waals surface area contributed by atoms with Crippen molar-refractivity contribution in [1.29, 1.82) is 0 Å². The Bertz CT molecular complexity index is 753. The van der Waals surface area contributed by atoms with Gasteiger partial charge in [-0.15, -0.1) is 0 Å². The molecule has 27 heavy (non-hydrogen) atoms. The molecule has 144 valence electrons. The summed E-state index contributed by atoms with van der Waals surface area (Å²) >= 11 is 0. The molecule has 0 radical (unpaired) electrons. The summed E-state index contributed by atoms with van der Waals surface area (Å²) in [6.07, 6.45) is 5.60. The molecule has 3 rings (SSSR count). The molecule has 0 bridgehead atoms.